The molecule has 0 spiro atoms. The number of hydrogen-bond acceptors (Lipinski definition) is 10. The third kappa shape index (κ3) is 13.9. The smallest absolute Gasteiger partial charge is 0.247 e. The largest absolute Gasteiger partial charge is 0.350 e. The number of fused-ring (bicyclic) bond motifs is 2. The predicted octanol–water partition coefficient (Wildman–Crippen LogP) is 2.92. The molecule has 7 rings (SSSR count). The number of benzene rings is 3. The van der Waals surface area contributed by atoms with Crippen molar-refractivity contribution in [2.75, 3.05) is 40.3 Å². The molecule has 398 valence electrons. The minimum Gasteiger partial charge on any atom is -0.350 e. The van der Waals surface area contributed by atoms with Gasteiger partial charge in [0.2, 0.25) is 47.3 Å². The van der Waals surface area contributed by atoms with E-state index in [-0.39, 0.29) is 79.4 Å². The molecule has 6 N–H and O–H groups in total. The maximum absolute atomic E-state index is 14.6. The van der Waals surface area contributed by atoms with Gasteiger partial charge in [-0.15, -0.1) is 0 Å². The molecular formula is C56H76N10O8. The molecule has 3 aromatic rings. The highest BCUT2D eigenvalue weighted by atomic mass is 16.2. The number of rotatable bonds is 20. The Bertz CT molecular complexity index is 2370. The topological polar surface area (TPSA) is 222 Å². The normalized spacial score (nSPS) is 22.8. The molecule has 0 aromatic heterocycles. The number of likely N-dealkylation sites (N-methyl/N-ethyl adjacent to an activating group) is 2. The number of unbranched alkanes of at least 4 members (excludes halogenated alkanes) is 3. The molecule has 4 saturated heterocycles. The molecule has 0 aliphatic carbocycles. The second kappa shape index (κ2) is 26.5. The summed E-state index contributed by atoms with van der Waals surface area (Å²) in [7, 11) is 3.30. The molecule has 8 atom stereocenters. The van der Waals surface area contributed by atoms with Crippen LogP contribution in [-0.2, 0) is 44.9 Å². The molecular weight excluding hydrogens is 941 g/mol. The van der Waals surface area contributed by atoms with Gasteiger partial charge in [-0.25, -0.2) is 0 Å². The van der Waals surface area contributed by atoms with Crippen LogP contribution in [0.1, 0.15) is 114 Å². The molecule has 4 aliphatic heterocycles. The summed E-state index contributed by atoms with van der Waals surface area (Å²) in [5, 5.41) is 17.8. The van der Waals surface area contributed by atoms with Crippen LogP contribution in [0.3, 0.4) is 0 Å². The van der Waals surface area contributed by atoms with E-state index in [0.717, 1.165) is 16.7 Å². The molecule has 18 nitrogen and oxygen atoms in total. The average Bonchev–Trinajstić information content (AvgIpc) is 4.05. The first-order valence-electron chi connectivity index (χ1n) is 26.6. The lowest BCUT2D eigenvalue weighted by Crippen LogP contribution is -2.62. The Kier molecular flexibility index (Phi) is 19.7. The van der Waals surface area contributed by atoms with Crippen LogP contribution >= 0.6 is 0 Å². The third-order valence-electron chi connectivity index (χ3n) is 15.4. The van der Waals surface area contributed by atoms with E-state index >= 15 is 0 Å². The molecule has 0 saturated carbocycles. The first-order chi connectivity index (χ1) is 35.8. The molecule has 0 unspecified atom stereocenters. The lowest BCUT2D eigenvalue weighted by Gasteiger charge is -2.39. The van der Waals surface area contributed by atoms with Gasteiger partial charge in [0, 0.05) is 57.6 Å². The summed E-state index contributed by atoms with van der Waals surface area (Å²) >= 11 is 0. The SMILES string of the molecule is CN[C@@H](C)C(=O)N[C@H]1CN(C(=O)CCCCCCC(=O)N2CC[C@H]3CC[C@@H](C(=O)NC(c4ccccc4)c4ccccc4)N3C(=O)[C@@H](NC(=O)[C@H](C)NC)C2)CC[C@H]2CC[C@@H](C(=O)NCc3ccccc3)N2C1=O. The summed E-state index contributed by atoms with van der Waals surface area (Å²) in [4.78, 5) is 118. The van der Waals surface area contributed by atoms with E-state index in [4.69, 9.17) is 0 Å². The summed E-state index contributed by atoms with van der Waals surface area (Å²) in [6.07, 6.45) is 6.02. The Morgan fingerprint density at radius 1 is 0.541 bits per heavy atom. The van der Waals surface area contributed by atoms with E-state index in [1.807, 2.05) is 91.0 Å². The van der Waals surface area contributed by atoms with E-state index < -0.39 is 48.2 Å². The first-order valence-corrected chi connectivity index (χ1v) is 26.6. The zero-order chi connectivity index (χ0) is 52.7. The molecule has 0 radical (unpaired) electrons. The zero-order valence-electron chi connectivity index (χ0n) is 43.4. The van der Waals surface area contributed by atoms with Gasteiger partial charge >= 0.3 is 0 Å². The van der Waals surface area contributed by atoms with Crippen molar-refractivity contribution in [2.45, 2.75) is 152 Å². The number of nitrogens with one attached hydrogen (secondary N) is 6. The van der Waals surface area contributed by atoms with E-state index in [0.29, 0.717) is 83.8 Å². The fraction of sp³-hybridized carbons (Fsp3) is 0.536. The van der Waals surface area contributed by atoms with Crippen molar-refractivity contribution in [3.8, 4) is 0 Å². The molecule has 0 bridgehead atoms. The zero-order valence-corrected chi connectivity index (χ0v) is 43.4. The highest BCUT2D eigenvalue weighted by Crippen LogP contribution is 2.32. The van der Waals surface area contributed by atoms with Gasteiger partial charge in [-0.3, -0.25) is 38.4 Å². The number of hydrogen-bond donors (Lipinski definition) is 6. The van der Waals surface area contributed by atoms with Gasteiger partial charge in [0.05, 0.1) is 18.1 Å². The third-order valence-corrected chi connectivity index (χ3v) is 15.4. The Morgan fingerprint density at radius 2 is 0.959 bits per heavy atom. The van der Waals surface area contributed by atoms with Crippen molar-refractivity contribution in [2.24, 2.45) is 0 Å². The molecule has 3 aromatic carbocycles. The first kappa shape index (κ1) is 55.1. The monoisotopic (exact) mass is 1020 g/mol. The number of carbonyl (C=O) groups excluding carboxylic acids is 8. The van der Waals surface area contributed by atoms with Crippen LogP contribution in [0.5, 0.6) is 0 Å². The van der Waals surface area contributed by atoms with Crippen LogP contribution in [0.4, 0.5) is 0 Å². The lowest BCUT2D eigenvalue weighted by molar-refractivity contribution is -0.147. The molecule has 18 heteroatoms. The van der Waals surface area contributed by atoms with Crippen LogP contribution in [0.2, 0.25) is 0 Å². The maximum Gasteiger partial charge on any atom is 0.247 e. The van der Waals surface area contributed by atoms with E-state index in [9.17, 15) is 38.4 Å². The van der Waals surface area contributed by atoms with Gasteiger partial charge in [0.1, 0.15) is 24.2 Å². The number of nitrogens with zero attached hydrogens (tertiary/aromatic N) is 4. The van der Waals surface area contributed by atoms with Gasteiger partial charge in [-0.1, -0.05) is 104 Å². The maximum atomic E-state index is 14.6. The quantitative estimate of drug-likeness (QED) is 0.0910. The summed E-state index contributed by atoms with van der Waals surface area (Å²) in [5.41, 5.74) is 2.76. The number of amides is 8. The van der Waals surface area contributed by atoms with Crippen LogP contribution in [0, 0.1) is 0 Å². The Morgan fingerprint density at radius 3 is 1.39 bits per heavy atom. The molecule has 4 heterocycles. The van der Waals surface area contributed by atoms with Crippen LogP contribution in [0.25, 0.3) is 0 Å². The molecule has 4 aliphatic rings. The minimum absolute atomic E-state index is 0.0149. The van der Waals surface area contributed by atoms with Crippen molar-refractivity contribution < 1.29 is 38.4 Å². The second-order valence-corrected chi connectivity index (χ2v) is 20.3. The predicted molar refractivity (Wildman–Crippen MR) is 279 cm³/mol. The summed E-state index contributed by atoms with van der Waals surface area (Å²) in [6.45, 7) is 4.39. The highest BCUT2D eigenvalue weighted by Gasteiger charge is 2.47. The summed E-state index contributed by atoms with van der Waals surface area (Å²) < 4.78 is 0. The van der Waals surface area contributed by atoms with E-state index in [1.54, 1.807) is 47.5 Å². The molecule has 8 amide bonds. The molecule has 74 heavy (non-hydrogen) atoms. The van der Waals surface area contributed by atoms with Gasteiger partial charge in [0.15, 0.2) is 0 Å². The van der Waals surface area contributed by atoms with Crippen LogP contribution in [-0.4, -0.2) is 155 Å². The van der Waals surface area contributed by atoms with Gasteiger partial charge in [-0.2, -0.15) is 0 Å². The Hall–Kier alpha value is -6.66. The molecule has 4 fully saturated rings. The van der Waals surface area contributed by atoms with Crippen molar-refractivity contribution in [3.63, 3.8) is 0 Å². The van der Waals surface area contributed by atoms with E-state index in [2.05, 4.69) is 31.9 Å². The van der Waals surface area contributed by atoms with Gasteiger partial charge in [0.25, 0.3) is 0 Å². The van der Waals surface area contributed by atoms with Crippen molar-refractivity contribution >= 4 is 47.3 Å². The highest BCUT2D eigenvalue weighted by molar-refractivity contribution is 5.96. The van der Waals surface area contributed by atoms with E-state index in [1.165, 1.54) is 0 Å². The average molecular weight is 1020 g/mol. The summed E-state index contributed by atoms with van der Waals surface area (Å²) in [5.74, 6) is -2.32. The Labute approximate surface area is 435 Å². The number of carbonyl (C=O) groups is 8. The van der Waals surface area contributed by atoms with Crippen LogP contribution in [0.15, 0.2) is 91.0 Å². The van der Waals surface area contributed by atoms with Crippen molar-refractivity contribution in [1.82, 2.24) is 51.5 Å². The fourth-order valence-electron chi connectivity index (χ4n) is 10.8. The lowest BCUT2D eigenvalue weighted by atomic mass is 9.98. The second-order valence-electron chi connectivity index (χ2n) is 20.3. The fourth-order valence-corrected chi connectivity index (χ4v) is 10.8. The standard InChI is InChI=1S/C56H76N10O8/c1-37(57-3)51(69)60-44-35-63(32-30-42-26-28-46(65(42)55(44)73)53(71)59-34-39-18-10-7-11-19-39)48(67)24-16-5-6-17-25-49(68)64-33-31-43-27-29-47(66(43)56(74)45(36-64)61-52(70)38(2)58-4)54(72)62-50(40-20-12-8-13-21-40)41-22-14-9-15-23-41/h7-15,18-23,37-38,42-47,50,57-58H,5-6,16-17,24-36H2,1-4H3,(H,59,71)(H,60,69)(H,61,70)(H,62,72)/t37-,38-,42+,43+,44-,45-,46-,47-/m0/s1. The Balaban J connectivity index is 0.924. The van der Waals surface area contributed by atoms with Crippen molar-refractivity contribution in [3.05, 3.63) is 108 Å². The van der Waals surface area contributed by atoms with Crippen molar-refractivity contribution in [1.29, 1.82) is 0 Å². The van der Waals surface area contributed by atoms with Gasteiger partial charge in [-0.05, 0) is 96.0 Å². The minimum atomic E-state index is -1.07. The summed E-state index contributed by atoms with van der Waals surface area (Å²) in [6, 6.07) is 23.2. The van der Waals surface area contributed by atoms with Gasteiger partial charge < -0.3 is 51.5 Å². The van der Waals surface area contributed by atoms with Crippen LogP contribution < -0.4 is 31.9 Å².